The van der Waals surface area contributed by atoms with Crippen LogP contribution >= 0.6 is 22.9 Å². The molecule has 0 fully saturated rings. The van der Waals surface area contributed by atoms with Crippen molar-refractivity contribution in [3.63, 3.8) is 0 Å². The normalized spacial score (nSPS) is 10.7. The summed E-state index contributed by atoms with van der Waals surface area (Å²) in [6, 6.07) is 7.92. The number of aromatic nitrogens is 1. The molecule has 1 N–H and O–H groups in total. The van der Waals surface area contributed by atoms with E-state index >= 15 is 0 Å². The van der Waals surface area contributed by atoms with Gasteiger partial charge < -0.3 is 5.11 Å². The molecule has 0 amide bonds. The standard InChI is InChI=1S/C13H14ClNOS/c14-11-3-1-2-10(8-11)4-5-13-15-12(6-7-16)9-17-13/h1-3,8-9,16H,4-7H2. The van der Waals surface area contributed by atoms with Gasteiger partial charge >= 0.3 is 0 Å². The van der Waals surface area contributed by atoms with Crippen LogP contribution in [0, 0.1) is 0 Å². The second-order valence-electron chi connectivity index (χ2n) is 3.84. The molecule has 1 heterocycles. The van der Waals surface area contributed by atoms with E-state index in [0.29, 0.717) is 6.42 Å². The van der Waals surface area contributed by atoms with Crippen molar-refractivity contribution in [2.45, 2.75) is 19.3 Å². The van der Waals surface area contributed by atoms with Gasteiger partial charge in [0, 0.05) is 29.9 Å². The van der Waals surface area contributed by atoms with Crippen LogP contribution in [0.2, 0.25) is 5.02 Å². The smallest absolute Gasteiger partial charge is 0.0931 e. The number of halogens is 1. The highest BCUT2D eigenvalue weighted by Gasteiger charge is 2.02. The van der Waals surface area contributed by atoms with E-state index in [1.165, 1.54) is 5.56 Å². The maximum absolute atomic E-state index is 8.82. The summed E-state index contributed by atoms with van der Waals surface area (Å²) >= 11 is 7.59. The molecule has 2 nitrogen and oxygen atoms in total. The number of hydrogen-bond donors (Lipinski definition) is 1. The van der Waals surface area contributed by atoms with Crippen LogP contribution in [-0.2, 0) is 19.3 Å². The van der Waals surface area contributed by atoms with Crippen molar-refractivity contribution in [1.29, 1.82) is 0 Å². The molecule has 2 aromatic rings. The Labute approximate surface area is 110 Å². The monoisotopic (exact) mass is 267 g/mol. The van der Waals surface area contributed by atoms with Gasteiger partial charge in [-0.1, -0.05) is 23.7 Å². The van der Waals surface area contributed by atoms with Crippen LogP contribution in [0.1, 0.15) is 16.3 Å². The number of nitrogens with zero attached hydrogens (tertiary/aromatic N) is 1. The Morgan fingerprint density at radius 3 is 2.88 bits per heavy atom. The number of thiazole rings is 1. The summed E-state index contributed by atoms with van der Waals surface area (Å²) in [6.45, 7) is 0.164. The predicted octanol–water partition coefficient (Wildman–Crippen LogP) is 3.12. The Balaban J connectivity index is 1.93. The summed E-state index contributed by atoms with van der Waals surface area (Å²) in [5, 5.41) is 12.7. The Morgan fingerprint density at radius 1 is 1.24 bits per heavy atom. The van der Waals surface area contributed by atoms with Crippen molar-refractivity contribution in [2.75, 3.05) is 6.61 Å². The van der Waals surface area contributed by atoms with Gasteiger partial charge in [0.1, 0.15) is 0 Å². The summed E-state index contributed by atoms with van der Waals surface area (Å²) in [6.07, 6.45) is 2.52. The van der Waals surface area contributed by atoms with Crippen LogP contribution < -0.4 is 0 Å². The molecule has 0 atom stereocenters. The number of aliphatic hydroxyl groups excluding tert-OH is 1. The summed E-state index contributed by atoms with van der Waals surface area (Å²) in [5.41, 5.74) is 2.22. The molecule has 0 radical (unpaired) electrons. The topological polar surface area (TPSA) is 33.1 Å². The SMILES string of the molecule is OCCc1csc(CCc2cccc(Cl)c2)n1. The van der Waals surface area contributed by atoms with E-state index in [-0.39, 0.29) is 6.61 Å². The third kappa shape index (κ3) is 3.80. The number of rotatable bonds is 5. The molecule has 0 aliphatic heterocycles. The minimum absolute atomic E-state index is 0.164. The fraction of sp³-hybridized carbons (Fsp3) is 0.308. The maximum atomic E-state index is 8.82. The van der Waals surface area contributed by atoms with Gasteiger partial charge in [0.15, 0.2) is 0 Å². The van der Waals surface area contributed by atoms with Gasteiger partial charge in [-0.25, -0.2) is 4.98 Å². The van der Waals surface area contributed by atoms with E-state index in [4.69, 9.17) is 16.7 Å². The Hall–Kier alpha value is -0.900. The van der Waals surface area contributed by atoms with Gasteiger partial charge in [-0.15, -0.1) is 11.3 Å². The number of hydrogen-bond acceptors (Lipinski definition) is 3. The van der Waals surface area contributed by atoms with Crippen LogP contribution in [0.4, 0.5) is 0 Å². The first kappa shape index (κ1) is 12.6. The number of aliphatic hydroxyl groups is 1. The van der Waals surface area contributed by atoms with E-state index in [1.54, 1.807) is 11.3 Å². The molecule has 0 saturated carbocycles. The van der Waals surface area contributed by atoms with Gasteiger partial charge in [0.25, 0.3) is 0 Å². The summed E-state index contributed by atoms with van der Waals surface area (Å²) in [4.78, 5) is 4.46. The van der Waals surface area contributed by atoms with Gasteiger partial charge in [-0.05, 0) is 24.1 Å². The minimum atomic E-state index is 0.164. The number of benzene rings is 1. The highest BCUT2D eigenvalue weighted by molar-refractivity contribution is 7.09. The molecule has 0 saturated heterocycles. The third-order valence-electron chi connectivity index (χ3n) is 2.48. The molecule has 17 heavy (non-hydrogen) atoms. The molecular weight excluding hydrogens is 254 g/mol. The Kier molecular flexibility index (Phi) is 4.54. The van der Waals surface area contributed by atoms with Crippen LogP contribution in [0.25, 0.3) is 0 Å². The molecule has 0 aliphatic carbocycles. The van der Waals surface area contributed by atoms with Crippen LogP contribution in [0.3, 0.4) is 0 Å². The lowest BCUT2D eigenvalue weighted by atomic mass is 10.1. The molecule has 1 aromatic carbocycles. The van der Waals surface area contributed by atoms with E-state index in [1.807, 2.05) is 23.6 Å². The molecule has 1 aromatic heterocycles. The van der Waals surface area contributed by atoms with Gasteiger partial charge in [0.2, 0.25) is 0 Å². The minimum Gasteiger partial charge on any atom is -0.396 e. The zero-order valence-corrected chi connectivity index (χ0v) is 11.0. The fourth-order valence-corrected chi connectivity index (χ4v) is 2.68. The average Bonchev–Trinajstić information content (AvgIpc) is 2.75. The highest BCUT2D eigenvalue weighted by atomic mass is 35.5. The van der Waals surface area contributed by atoms with Crippen molar-refractivity contribution in [1.82, 2.24) is 4.98 Å². The molecule has 0 spiro atoms. The molecule has 90 valence electrons. The first-order valence-corrected chi connectivity index (χ1v) is 6.82. The Morgan fingerprint density at radius 2 is 2.12 bits per heavy atom. The third-order valence-corrected chi connectivity index (χ3v) is 3.68. The van der Waals surface area contributed by atoms with Crippen LogP contribution in [0.5, 0.6) is 0 Å². The molecule has 2 rings (SSSR count). The highest BCUT2D eigenvalue weighted by Crippen LogP contribution is 2.15. The van der Waals surface area contributed by atoms with Crippen molar-refractivity contribution < 1.29 is 5.11 Å². The molecule has 0 bridgehead atoms. The van der Waals surface area contributed by atoms with Crippen molar-refractivity contribution in [3.05, 3.63) is 50.9 Å². The average molecular weight is 268 g/mol. The van der Waals surface area contributed by atoms with Crippen LogP contribution in [0.15, 0.2) is 29.6 Å². The van der Waals surface area contributed by atoms with Crippen molar-refractivity contribution in [3.8, 4) is 0 Å². The van der Waals surface area contributed by atoms with Crippen LogP contribution in [-0.4, -0.2) is 16.7 Å². The lowest BCUT2D eigenvalue weighted by Gasteiger charge is -1.99. The summed E-state index contributed by atoms with van der Waals surface area (Å²) in [5.74, 6) is 0. The predicted molar refractivity (Wildman–Crippen MR) is 71.8 cm³/mol. The van der Waals surface area contributed by atoms with Crippen molar-refractivity contribution in [2.24, 2.45) is 0 Å². The van der Waals surface area contributed by atoms with Gasteiger partial charge in [-0.3, -0.25) is 0 Å². The maximum Gasteiger partial charge on any atom is 0.0931 e. The number of aryl methyl sites for hydroxylation is 2. The van der Waals surface area contributed by atoms with Crippen molar-refractivity contribution >= 4 is 22.9 Å². The lowest BCUT2D eigenvalue weighted by Crippen LogP contribution is -1.93. The molecular formula is C13H14ClNOS. The largest absolute Gasteiger partial charge is 0.396 e. The molecule has 0 unspecified atom stereocenters. The second-order valence-corrected chi connectivity index (χ2v) is 5.22. The Bertz CT molecular complexity index is 484. The molecule has 0 aliphatic rings. The van der Waals surface area contributed by atoms with Gasteiger partial charge in [0.05, 0.1) is 10.7 Å². The second kappa shape index (κ2) is 6.15. The van der Waals surface area contributed by atoms with E-state index in [2.05, 4.69) is 11.1 Å². The quantitative estimate of drug-likeness (QED) is 0.903. The zero-order valence-electron chi connectivity index (χ0n) is 9.40. The van der Waals surface area contributed by atoms with E-state index in [0.717, 1.165) is 28.6 Å². The first-order chi connectivity index (χ1) is 8.28. The van der Waals surface area contributed by atoms with E-state index in [9.17, 15) is 0 Å². The fourth-order valence-electron chi connectivity index (χ4n) is 1.64. The van der Waals surface area contributed by atoms with E-state index < -0.39 is 0 Å². The summed E-state index contributed by atoms with van der Waals surface area (Å²) < 4.78 is 0. The van der Waals surface area contributed by atoms with Gasteiger partial charge in [-0.2, -0.15) is 0 Å². The first-order valence-electron chi connectivity index (χ1n) is 5.56. The lowest BCUT2D eigenvalue weighted by molar-refractivity contribution is 0.298. The summed E-state index contributed by atoms with van der Waals surface area (Å²) in [7, 11) is 0. The molecule has 4 heteroatoms. The zero-order chi connectivity index (χ0) is 12.1.